The molecule has 0 bridgehead atoms. The van der Waals surface area contributed by atoms with Crippen molar-refractivity contribution in [2.45, 2.75) is 17.4 Å². The molecule has 0 fully saturated rings. The first-order valence-corrected chi connectivity index (χ1v) is 8.93. The van der Waals surface area contributed by atoms with E-state index in [1.54, 1.807) is 6.08 Å². The van der Waals surface area contributed by atoms with Crippen LogP contribution in [0.15, 0.2) is 52.8 Å². The summed E-state index contributed by atoms with van der Waals surface area (Å²) in [6.45, 7) is 1.85. The molecule has 2 aliphatic rings. The van der Waals surface area contributed by atoms with E-state index in [1.165, 1.54) is 16.5 Å². The molecule has 22 heavy (non-hydrogen) atoms. The summed E-state index contributed by atoms with van der Waals surface area (Å²) in [6, 6.07) is 14.3. The van der Waals surface area contributed by atoms with Crippen molar-refractivity contribution in [3.63, 3.8) is 0 Å². The molecular formula is C18H17NO2S. The molecule has 0 amide bonds. The van der Waals surface area contributed by atoms with Crippen molar-refractivity contribution in [1.82, 2.24) is 4.90 Å². The van der Waals surface area contributed by atoms with Gasteiger partial charge in [0.2, 0.25) is 0 Å². The lowest BCUT2D eigenvalue weighted by atomic mass is 9.84. The number of hydrogen-bond donors (Lipinski definition) is 0. The number of rotatable bonds is 1. The molecule has 1 unspecified atom stereocenters. The van der Waals surface area contributed by atoms with Gasteiger partial charge < -0.3 is 4.90 Å². The molecule has 112 valence electrons. The molecule has 0 aliphatic carbocycles. The molecule has 2 heterocycles. The molecule has 0 saturated carbocycles. The Balaban J connectivity index is 1.84. The first-order chi connectivity index (χ1) is 10.5. The van der Waals surface area contributed by atoms with Gasteiger partial charge in [-0.3, -0.25) is 0 Å². The summed E-state index contributed by atoms with van der Waals surface area (Å²) in [5.41, 5.74) is 4.50. The zero-order valence-corrected chi connectivity index (χ0v) is 13.2. The Kier molecular flexibility index (Phi) is 2.99. The van der Waals surface area contributed by atoms with E-state index in [-0.39, 0.29) is 5.92 Å². The smallest absolute Gasteiger partial charge is 0.200 e. The van der Waals surface area contributed by atoms with Crippen molar-refractivity contribution in [2.75, 3.05) is 13.6 Å². The summed E-state index contributed by atoms with van der Waals surface area (Å²) in [4.78, 5) is 2.73. The van der Waals surface area contributed by atoms with Gasteiger partial charge in [0, 0.05) is 24.4 Å². The number of benzene rings is 2. The fraction of sp³-hybridized carbons (Fsp3) is 0.222. The molecule has 2 aromatic carbocycles. The van der Waals surface area contributed by atoms with Crippen LogP contribution in [-0.4, -0.2) is 26.9 Å². The topological polar surface area (TPSA) is 37.4 Å². The summed E-state index contributed by atoms with van der Waals surface area (Å²) in [5, 5.41) is 1.29. The molecule has 2 aromatic rings. The second-order valence-corrected chi connectivity index (χ2v) is 7.90. The molecule has 0 N–H and O–H groups in total. The zero-order valence-electron chi connectivity index (χ0n) is 12.4. The fourth-order valence-electron chi connectivity index (χ4n) is 3.46. The maximum atomic E-state index is 12.1. The minimum Gasteiger partial charge on any atom is -0.301 e. The number of fused-ring (bicyclic) bond motifs is 2. The molecule has 4 heteroatoms. The van der Waals surface area contributed by atoms with Gasteiger partial charge in [-0.25, -0.2) is 8.42 Å². The minimum atomic E-state index is -3.25. The SMILES string of the molecule is CN1Cc2ccccc2C(c2ccc3c(c2)S(=O)(=O)C=C3)C1. The summed E-state index contributed by atoms with van der Waals surface area (Å²) < 4.78 is 24.2. The number of nitrogens with zero attached hydrogens (tertiary/aromatic N) is 1. The van der Waals surface area contributed by atoms with Crippen molar-refractivity contribution in [2.24, 2.45) is 0 Å². The van der Waals surface area contributed by atoms with E-state index in [1.807, 2.05) is 12.1 Å². The summed E-state index contributed by atoms with van der Waals surface area (Å²) in [6.07, 6.45) is 1.68. The number of sulfone groups is 1. The Morgan fingerprint density at radius 2 is 1.95 bits per heavy atom. The van der Waals surface area contributed by atoms with Crippen LogP contribution in [0.4, 0.5) is 0 Å². The second kappa shape index (κ2) is 4.80. The van der Waals surface area contributed by atoms with Crippen LogP contribution in [0.5, 0.6) is 0 Å². The van der Waals surface area contributed by atoms with Crippen LogP contribution in [0.1, 0.15) is 28.2 Å². The van der Waals surface area contributed by atoms with Crippen molar-refractivity contribution in [1.29, 1.82) is 0 Å². The third-order valence-electron chi connectivity index (χ3n) is 4.54. The van der Waals surface area contributed by atoms with Gasteiger partial charge in [-0.05, 0) is 41.4 Å². The average molecular weight is 311 g/mol. The molecule has 0 saturated heterocycles. The number of hydrogen-bond acceptors (Lipinski definition) is 3. The lowest BCUT2D eigenvalue weighted by Crippen LogP contribution is -2.30. The molecule has 1 atom stereocenters. The van der Waals surface area contributed by atoms with Crippen LogP contribution < -0.4 is 0 Å². The van der Waals surface area contributed by atoms with E-state index in [4.69, 9.17) is 0 Å². The normalized spacial score (nSPS) is 22.3. The molecule has 0 aromatic heterocycles. The van der Waals surface area contributed by atoms with Gasteiger partial charge in [-0.2, -0.15) is 0 Å². The largest absolute Gasteiger partial charge is 0.301 e. The molecule has 2 aliphatic heterocycles. The lowest BCUT2D eigenvalue weighted by Gasteiger charge is -2.32. The summed E-state index contributed by atoms with van der Waals surface area (Å²) in [5.74, 6) is 0.219. The first-order valence-electron chi connectivity index (χ1n) is 7.38. The maximum Gasteiger partial charge on any atom is 0.200 e. The van der Waals surface area contributed by atoms with Gasteiger partial charge in [0.15, 0.2) is 9.84 Å². The third-order valence-corrected chi connectivity index (χ3v) is 6.00. The molecule has 0 radical (unpaired) electrons. The predicted octanol–water partition coefficient (Wildman–Crippen LogP) is 3.02. The Hall–Kier alpha value is -1.91. The molecule has 3 nitrogen and oxygen atoms in total. The van der Waals surface area contributed by atoms with Crippen LogP contribution in [0.3, 0.4) is 0 Å². The fourth-order valence-corrected chi connectivity index (χ4v) is 4.69. The van der Waals surface area contributed by atoms with E-state index in [0.717, 1.165) is 24.2 Å². The second-order valence-electron chi connectivity index (χ2n) is 6.09. The van der Waals surface area contributed by atoms with Crippen LogP contribution in [0.25, 0.3) is 6.08 Å². The Morgan fingerprint density at radius 3 is 2.82 bits per heavy atom. The van der Waals surface area contributed by atoms with E-state index in [2.05, 4.69) is 42.3 Å². The van der Waals surface area contributed by atoms with Gasteiger partial charge in [0.05, 0.1) is 4.90 Å². The zero-order chi connectivity index (χ0) is 15.3. The highest BCUT2D eigenvalue weighted by atomic mass is 32.2. The molecule has 4 rings (SSSR count). The highest BCUT2D eigenvalue weighted by Crippen LogP contribution is 2.36. The van der Waals surface area contributed by atoms with E-state index >= 15 is 0 Å². The van der Waals surface area contributed by atoms with Crippen molar-refractivity contribution in [3.8, 4) is 0 Å². The van der Waals surface area contributed by atoms with Crippen LogP contribution in [0, 0.1) is 0 Å². The van der Waals surface area contributed by atoms with Crippen LogP contribution in [0.2, 0.25) is 0 Å². The van der Waals surface area contributed by atoms with Gasteiger partial charge in [0.25, 0.3) is 0 Å². The van der Waals surface area contributed by atoms with Crippen molar-refractivity contribution < 1.29 is 8.42 Å². The number of likely N-dealkylation sites (N-methyl/N-ethyl adjacent to an activating group) is 1. The molecule has 0 spiro atoms. The molecular weight excluding hydrogens is 294 g/mol. The van der Waals surface area contributed by atoms with Crippen molar-refractivity contribution >= 4 is 15.9 Å². The maximum absolute atomic E-state index is 12.1. The third kappa shape index (κ3) is 2.11. The summed E-state index contributed by atoms with van der Waals surface area (Å²) in [7, 11) is -1.15. The van der Waals surface area contributed by atoms with Gasteiger partial charge >= 0.3 is 0 Å². The van der Waals surface area contributed by atoms with Crippen LogP contribution in [-0.2, 0) is 16.4 Å². The minimum absolute atomic E-state index is 0.219. The quantitative estimate of drug-likeness (QED) is 0.812. The van der Waals surface area contributed by atoms with E-state index in [9.17, 15) is 8.42 Å². The van der Waals surface area contributed by atoms with E-state index < -0.39 is 9.84 Å². The first kappa shape index (κ1) is 13.7. The monoisotopic (exact) mass is 311 g/mol. The highest BCUT2D eigenvalue weighted by Gasteiger charge is 2.27. The Labute approximate surface area is 130 Å². The van der Waals surface area contributed by atoms with Crippen molar-refractivity contribution in [3.05, 3.63) is 70.1 Å². The van der Waals surface area contributed by atoms with Gasteiger partial charge in [-0.15, -0.1) is 0 Å². The Morgan fingerprint density at radius 1 is 1.14 bits per heavy atom. The van der Waals surface area contributed by atoms with Gasteiger partial charge in [-0.1, -0.05) is 36.4 Å². The van der Waals surface area contributed by atoms with Gasteiger partial charge in [0.1, 0.15) is 0 Å². The Bertz CT molecular complexity index is 884. The average Bonchev–Trinajstić information content (AvgIpc) is 2.81. The highest BCUT2D eigenvalue weighted by molar-refractivity contribution is 7.94. The summed E-state index contributed by atoms with van der Waals surface area (Å²) >= 11 is 0. The standard InChI is InChI=1S/C18H17NO2S/c1-19-11-15-4-2-3-5-16(15)17(12-19)14-7-6-13-8-9-22(20,21)18(13)10-14/h2-10,17H,11-12H2,1H3. The predicted molar refractivity (Wildman–Crippen MR) is 87.3 cm³/mol. The lowest BCUT2D eigenvalue weighted by molar-refractivity contribution is 0.295. The van der Waals surface area contributed by atoms with Crippen LogP contribution >= 0.6 is 0 Å². The van der Waals surface area contributed by atoms with E-state index in [0.29, 0.717) is 4.90 Å².